The number of ether oxygens (including phenoxy) is 1. The molecule has 0 amide bonds. The van der Waals surface area contributed by atoms with Crippen LogP contribution in [0.5, 0.6) is 0 Å². The molecule has 2 aliphatic carbocycles. The lowest BCUT2D eigenvalue weighted by atomic mass is 9.87. The molecule has 7 heteroatoms. The maximum Gasteiger partial charge on any atom is 0.305 e. The van der Waals surface area contributed by atoms with Crippen LogP contribution in [0.3, 0.4) is 0 Å². The van der Waals surface area contributed by atoms with Gasteiger partial charge in [-0.1, -0.05) is 61.8 Å². The smallest absolute Gasteiger partial charge is 0.305 e. The number of esters is 1. The van der Waals surface area contributed by atoms with Crippen molar-refractivity contribution in [2.24, 2.45) is 17.8 Å². The Hall–Kier alpha value is -2.22. The van der Waals surface area contributed by atoms with Crippen molar-refractivity contribution in [1.29, 1.82) is 0 Å². The third-order valence-electron chi connectivity index (χ3n) is 7.97. The van der Waals surface area contributed by atoms with Crippen molar-refractivity contribution in [2.75, 3.05) is 7.11 Å². The summed E-state index contributed by atoms with van der Waals surface area (Å²) in [6.45, 7) is 5.88. The second-order valence-electron chi connectivity index (χ2n) is 10.5. The molecule has 0 bridgehead atoms. The highest BCUT2D eigenvalue weighted by molar-refractivity contribution is 7.95. The zero-order valence-corrected chi connectivity index (χ0v) is 23.0. The van der Waals surface area contributed by atoms with Crippen LogP contribution in [0, 0.1) is 17.8 Å². The number of allylic oxidation sites excluding steroid dienone is 2. The first-order valence-electron chi connectivity index (χ1n) is 13.5. The number of methoxy groups -OCH3 is 1. The van der Waals surface area contributed by atoms with Gasteiger partial charge in [-0.05, 0) is 63.0 Å². The molecule has 0 spiro atoms. The second-order valence-corrected chi connectivity index (χ2v) is 12.4. The Morgan fingerprint density at radius 3 is 2.59 bits per heavy atom. The standard InChI is InChI=1S/C30H42O6S/c1-4-6-18-30(33,5-2)19-12-16-24-25-20-22(13-10-11-17-28(32)36-3)29(26(25)21-27(24)31)37(34,35)23-14-8-7-9-15-23/h5,7-9,12,14-16,24-27,31,33H,2,4,6,10-11,13,17-21H2,1,3H3/b16-12+/t24-,25-,26-,27+,30?/m0/s1. The Bertz CT molecular complexity index is 1090. The quantitative estimate of drug-likeness (QED) is 0.187. The lowest BCUT2D eigenvalue weighted by Gasteiger charge is -2.23. The number of hydrogen-bond donors (Lipinski definition) is 2. The summed E-state index contributed by atoms with van der Waals surface area (Å²) in [4.78, 5) is 12.3. The summed E-state index contributed by atoms with van der Waals surface area (Å²) in [6.07, 6.45) is 11.0. The van der Waals surface area contributed by atoms with Gasteiger partial charge in [0.25, 0.3) is 0 Å². The number of benzene rings is 1. The van der Waals surface area contributed by atoms with Crippen molar-refractivity contribution >= 4 is 15.8 Å². The number of rotatable bonds is 14. The van der Waals surface area contributed by atoms with Gasteiger partial charge in [0.05, 0.1) is 28.6 Å². The van der Waals surface area contributed by atoms with E-state index in [1.54, 1.807) is 36.4 Å². The van der Waals surface area contributed by atoms with Crippen LogP contribution >= 0.6 is 0 Å². The molecule has 2 aliphatic rings. The van der Waals surface area contributed by atoms with Gasteiger partial charge in [-0.25, -0.2) is 8.42 Å². The van der Waals surface area contributed by atoms with Crippen molar-refractivity contribution in [1.82, 2.24) is 0 Å². The van der Waals surface area contributed by atoms with E-state index in [1.807, 2.05) is 12.2 Å². The van der Waals surface area contributed by atoms with Gasteiger partial charge in [0.2, 0.25) is 9.84 Å². The molecule has 2 N–H and O–H groups in total. The summed E-state index contributed by atoms with van der Waals surface area (Å²) in [6, 6.07) is 8.50. The summed E-state index contributed by atoms with van der Waals surface area (Å²) >= 11 is 0. The van der Waals surface area contributed by atoms with E-state index in [0.717, 1.165) is 18.4 Å². The first-order chi connectivity index (χ1) is 17.7. The molecular weight excluding hydrogens is 488 g/mol. The van der Waals surface area contributed by atoms with Crippen LogP contribution in [0.2, 0.25) is 0 Å². The van der Waals surface area contributed by atoms with Crippen LogP contribution in [-0.4, -0.2) is 43.4 Å². The summed E-state index contributed by atoms with van der Waals surface area (Å²) in [5.41, 5.74) is -0.0599. The molecule has 0 saturated heterocycles. The predicted molar refractivity (Wildman–Crippen MR) is 145 cm³/mol. The van der Waals surface area contributed by atoms with E-state index in [-0.39, 0.29) is 28.6 Å². The van der Waals surface area contributed by atoms with E-state index in [4.69, 9.17) is 4.74 Å². The molecule has 1 aromatic rings. The van der Waals surface area contributed by atoms with Gasteiger partial charge in [-0.15, -0.1) is 6.58 Å². The molecule has 0 aromatic heterocycles. The number of carbonyl (C=O) groups is 1. The molecule has 204 valence electrons. The Morgan fingerprint density at radius 2 is 1.95 bits per heavy atom. The maximum atomic E-state index is 13.8. The van der Waals surface area contributed by atoms with E-state index < -0.39 is 21.5 Å². The number of hydrogen-bond acceptors (Lipinski definition) is 6. The van der Waals surface area contributed by atoms with Gasteiger partial charge in [0, 0.05) is 18.3 Å². The molecule has 1 saturated carbocycles. The molecule has 1 aromatic carbocycles. The summed E-state index contributed by atoms with van der Waals surface area (Å²) in [5.74, 6) is -0.702. The topological polar surface area (TPSA) is 101 Å². The fourth-order valence-electron chi connectivity index (χ4n) is 5.89. The molecule has 37 heavy (non-hydrogen) atoms. The summed E-state index contributed by atoms with van der Waals surface area (Å²) in [5, 5.41) is 21.8. The highest BCUT2D eigenvalue weighted by Crippen LogP contribution is 2.54. The average molecular weight is 531 g/mol. The number of aliphatic hydroxyl groups excluding tert-OH is 1. The van der Waals surface area contributed by atoms with E-state index in [9.17, 15) is 23.4 Å². The van der Waals surface area contributed by atoms with Crippen LogP contribution in [0.25, 0.3) is 0 Å². The van der Waals surface area contributed by atoms with Crippen LogP contribution < -0.4 is 0 Å². The van der Waals surface area contributed by atoms with E-state index in [0.29, 0.717) is 56.3 Å². The molecule has 1 fully saturated rings. The molecule has 6 nitrogen and oxygen atoms in total. The first-order valence-corrected chi connectivity index (χ1v) is 14.9. The Kier molecular flexibility index (Phi) is 10.3. The van der Waals surface area contributed by atoms with Gasteiger partial charge >= 0.3 is 5.97 Å². The predicted octanol–water partition coefficient (Wildman–Crippen LogP) is 5.52. The second kappa shape index (κ2) is 13.0. The Balaban J connectivity index is 1.83. The maximum absolute atomic E-state index is 13.8. The highest BCUT2D eigenvalue weighted by atomic mass is 32.2. The number of aliphatic hydroxyl groups is 2. The van der Waals surface area contributed by atoms with Crippen LogP contribution in [-0.2, 0) is 19.4 Å². The fraction of sp³-hybridized carbons (Fsp3) is 0.567. The van der Waals surface area contributed by atoms with Crippen LogP contribution in [0.1, 0.15) is 71.1 Å². The Morgan fingerprint density at radius 1 is 1.22 bits per heavy atom. The summed E-state index contributed by atoms with van der Waals surface area (Å²) < 4.78 is 32.3. The van der Waals surface area contributed by atoms with Gasteiger partial charge in [-0.3, -0.25) is 4.79 Å². The van der Waals surface area contributed by atoms with Crippen molar-refractivity contribution < 1.29 is 28.2 Å². The molecule has 1 unspecified atom stereocenters. The minimum Gasteiger partial charge on any atom is -0.469 e. The minimum atomic E-state index is -3.71. The number of sulfone groups is 1. The zero-order valence-electron chi connectivity index (χ0n) is 22.1. The number of fused-ring (bicyclic) bond motifs is 1. The third-order valence-corrected chi connectivity index (χ3v) is 10.0. The average Bonchev–Trinajstić information content (AvgIpc) is 3.40. The Labute approximate surface area is 222 Å². The zero-order chi connectivity index (χ0) is 27.1. The molecular formula is C30H42O6S. The molecule has 0 aliphatic heterocycles. The van der Waals surface area contributed by atoms with Gasteiger partial charge < -0.3 is 14.9 Å². The fourth-order valence-corrected chi connectivity index (χ4v) is 7.90. The van der Waals surface area contributed by atoms with E-state index in [1.165, 1.54) is 7.11 Å². The minimum absolute atomic E-state index is 0.0113. The molecule has 3 rings (SSSR count). The molecule has 5 atom stereocenters. The van der Waals surface area contributed by atoms with E-state index in [2.05, 4.69) is 13.5 Å². The lowest BCUT2D eigenvalue weighted by Crippen LogP contribution is -2.24. The van der Waals surface area contributed by atoms with Crippen LogP contribution in [0.15, 0.2) is 70.5 Å². The summed E-state index contributed by atoms with van der Waals surface area (Å²) in [7, 11) is -2.34. The van der Waals surface area contributed by atoms with E-state index >= 15 is 0 Å². The van der Waals surface area contributed by atoms with Crippen LogP contribution in [0.4, 0.5) is 0 Å². The third kappa shape index (κ3) is 7.01. The van der Waals surface area contributed by atoms with Crippen molar-refractivity contribution in [3.63, 3.8) is 0 Å². The molecule has 0 radical (unpaired) electrons. The van der Waals surface area contributed by atoms with Crippen molar-refractivity contribution in [3.05, 3.63) is 65.6 Å². The number of unbranched alkanes of at least 4 members (excludes halogenated alkanes) is 2. The first kappa shape index (κ1) is 29.3. The lowest BCUT2D eigenvalue weighted by molar-refractivity contribution is -0.140. The van der Waals surface area contributed by atoms with Gasteiger partial charge in [-0.2, -0.15) is 0 Å². The SMILES string of the molecule is C=CC(O)(C/C=C/[C@H]1[C@@H]2CC(CCCCC(=O)OC)=C(S(=O)(=O)c3ccccc3)[C@H]2C[C@H]1O)CCCC. The van der Waals surface area contributed by atoms with Gasteiger partial charge in [0.15, 0.2) is 0 Å². The van der Waals surface area contributed by atoms with Crippen molar-refractivity contribution in [3.8, 4) is 0 Å². The van der Waals surface area contributed by atoms with Crippen molar-refractivity contribution in [2.45, 2.75) is 87.7 Å². The normalized spacial score (nSPS) is 25.3. The highest BCUT2D eigenvalue weighted by Gasteiger charge is 2.50. The number of carbonyl (C=O) groups excluding carboxylic acids is 1. The monoisotopic (exact) mass is 530 g/mol. The molecule has 0 heterocycles. The van der Waals surface area contributed by atoms with Gasteiger partial charge in [0.1, 0.15) is 0 Å². The largest absolute Gasteiger partial charge is 0.469 e.